The number of rotatable bonds is 7. The molecule has 0 N–H and O–H groups in total. The Kier molecular flexibility index (Phi) is 5.89. The molecule has 164 valence electrons. The molecule has 2 heterocycles. The van der Waals surface area contributed by atoms with E-state index >= 15 is 0 Å². The molecule has 0 aliphatic heterocycles. The number of hydrogen-bond donors (Lipinski definition) is 0. The number of fused-ring (bicyclic) bond motifs is 1. The minimum absolute atomic E-state index is 0.0252. The highest BCUT2D eigenvalue weighted by atomic mass is 35.5. The molecule has 10 nitrogen and oxygen atoms in total. The molecular weight excluding hydrogens is 438 g/mol. The van der Waals surface area contributed by atoms with E-state index in [0.29, 0.717) is 10.7 Å². The number of benzene rings is 2. The highest BCUT2D eigenvalue weighted by Gasteiger charge is 2.19. The van der Waals surface area contributed by atoms with E-state index in [2.05, 4.69) is 4.98 Å². The lowest BCUT2D eigenvalue weighted by molar-refractivity contribution is -0.384. The summed E-state index contributed by atoms with van der Waals surface area (Å²) in [4.78, 5) is 41.2. The second kappa shape index (κ2) is 8.77. The molecule has 4 rings (SSSR count). The first kappa shape index (κ1) is 21.5. The van der Waals surface area contributed by atoms with Crippen molar-refractivity contribution in [1.82, 2.24) is 18.7 Å². The summed E-state index contributed by atoms with van der Waals surface area (Å²) in [5.41, 5.74) is 0.627. The number of halogens is 1. The summed E-state index contributed by atoms with van der Waals surface area (Å²) in [5, 5.41) is 11.4. The van der Waals surface area contributed by atoms with Crippen LogP contribution in [-0.2, 0) is 17.8 Å². The van der Waals surface area contributed by atoms with Crippen LogP contribution in [0.5, 0.6) is 0 Å². The molecule has 2 aromatic carbocycles. The maximum Gasteiger partial charge on any atom is 0.337 e. The van der Waals surface area contributed by atoms with Crippen LogP contribution in [0.4, 0.5) is 5.69 Å². The highest BCUT2D eigenvalue weighted by molar-refractivity contribution is 6.30. The van der Waals surface area contributed by atoms with Gasteiger partial charge in [-0.25, -0.2) is 14.3 Å². The lowest BCUT2D eigenvalue weighted by atomic mass is 10.2. The molecule has 0 fully saturated rings. The third kappa shape index (κ3) is 3.93. The van der Waals surface area contributed by atoms with Gasteiger partial charge in [0.2, 0.25) is 0 Å². The summed E-state index contributed by atoms with van der Waals surface area (Å²) >= 11 is 5.99. The van der Waals surface area contributed by atoms with Crippen LogP contribution in [0.1, 0.15) is 5.56 Å². The van der Waals surface area contributed by atoms with Crippen LogP contribution in [0, 0.1) is 10.1 Å². The monoisotopic (exact) mass is 455 g/mol. The van der Waals surface area contributed by atoms with Crippen molar-refractivity contribution in [3.05, 3.63) is 96.4 Å². The first-order valence-electron chi connectivity index (χ1n) is 9.59. The Hall–Kier alpha value is -3.76. The average molecular weight is 456 g/mol. The number of nitro benzene ring substituents is 1. The number of methoxy groups -OCH3 is 1. The Balaban J connectivity index is 1.90. The van der Waals surface area contributed by atoms with Crippen molar-refractivity contribution >= 4 is 28.5 Å². The molecule has 0 saturated carbocycles. The summed E-state index contributed by atoms with van der Waals surface area (Å²) in [5.74, 6) is 0. The predicted molar refractivity (Wildman–Crippen MR) is 119 cm³/mol. The molecule has 32 heavy (non-hydrogen) atoms. The molecular formula is C21H18ClN5O5. The van der Waals surface area contributed by atoms with Gasteiger partial charge in [0, 0.05) is 30.8 Å². The SMILES string of the molecule is COCCn1c(=O)c2c(ncn2Cc2ccc([N+](=O)[O-])cc2)n(-c2ccc(Cl)cc2)c1=O. The number of ether oxygens (including phenoxy) is 1. The smallest absolute Gasteiger partial charge is 0.337 e. The van der Waals surface area contributed by atoms with E-state index in [1.54, 1.807) is 41.0 Å². The fourth-order valence-corrected chi connectivity index (χ4v) is 3.55. The summed E-state index contributed by atoms with van der Waals surface area (Å²) in [7, 11) is 1.49. The van der Waals surface area contributed by atoms with Crippen molar-refractivity contribution in [2.45, 2.75) is 13.1 Å². The largest absolute Gasteiger partial charge is 0.383 e. The minimum Gasteiger partial charge on any atom is -0.383 e. The molecule has 0 unspecified atom stereocenters. The number of aromatic nitrogens is 4. The molecule has 4 aromatic rings. The van der Waals surface area contributed by atoms with Crippen LogP contribution in [0.25, 0.3) is 16.9 Å². The fraction of sp³-hybridized carbons (Fsp3) is 0.190. The van der Waals surface area contributed by atoms with Gasteiger partial charge in [-0.05, 0) is 29.8 Å². The summed E-state index contributed by atoms with van der Waals surface area (Å²) in [6, 6.07) is 12.7. The maximum atomic E-state index is 13.2. The number of nitrogens with zero attached hydrogens (tertiary/aromatic N) is 5. The van der Waals surface area contributed by atoms with Gasteiger partial charge >= 0.3 is 5.69 Å². The Morgan fingerprint density at radius 1 is 1.09 bits per heavy atom. The van der Waals surface area contributed by atoms with Crippen LogP contribution in [-0.4, -0.2) is 37.3 Å². The first-order valence-corrected chi connectivity index (χ1v) is 9.97. The highest BCUT2D eigenvalue weighted by Crippen LogP contribution is 2.18. The van der Waals surface area contributed by atoms with Gasteiger partial charge < -0.3 is 9.30 Å². The van der Waals surface area contributed by atoms with Crippen molar-refractivity contribution in [1.29, 1.82) is 0 Å². The van der Waals surface area contributed by atoms with Crippen LogP contribution in [0.15, 0.2) is 64.4 Å². The van der Waals surface area contributed by atoms with E-state index in [1.807, 2.05) is 0 Å². The van der Waals surface area contributed by atoms with Gasteiger partial charge in [-0.2, -0.15) is 0 Å². The van der Waals surface area contributed by atoms with E-state index in [-0.39, 0.29) is 36.5 Å². The van der Waals surface area contributed by atoms with Crippen molar-refractivity contribution in [3.8, 4) is 5.69 Å². The van der Waals surface area contributed by atoms with Crippen molar-refractivity contribution in [2.75, 3.05) is 13.7 Å². The molecule has 2 aromatic heterocycles. The van der Waals surface area contributed by atoms with Crippen LogP contribution in [0.2, 0.25) is 5.02 Å². The zero-order chi connectivity index (χ0) is 22.8. The van der Waals surface area contributed by atoms with Crippen molar-refractivity contribution in [3.63, 3.8) is 0 Å². The zero-order valence-electron chi connectivity index (χ0n) is 17.0. The molecule has 0 amide bonds. The Labute approximate surface area is 186 Å². The molecule has 0 aliphatic carbocycles. The van der Waals surface area contributed by atoms with Gasteiger partial charge in [0.25, 0.3) is 11.2 Å². The minimum atomic E-state index is -0.539. The zero-order valence-corrected chi connectivity index (χ0v) is 17.7. The summed E-state index contributed by atoms with van der Waals surface area (Å²) < 4.78 is 9.15. The van der Waals surface area contributed by atoms with Gasteiger partial charge in [-0.1, -0.05) is 23.7 Å². The molecule has 0 aliphatic rings. The standard InChI is InChI=1S/C21H18ClN5O5/c1-32-11-10-25-20(28)18-19(26(21(25)29)16-8-4-15(22)5-9-16)23-13-24(18)12-14-2-6-17(7-3-14)27(30)31/h2-9,13H,10-12H2,1H3. The number of imidazole rings is 1. The topological polar surface area (TPSA) is 114 Å². The maximum absolute atomic E-state index is 13.2. The molecule has 0 bridgehead atoms. The third-order valence-electron chi connectivity index (χ3n) is 5.00. The second-order valence-corrected chi connectivity index (χ2v) is 7.45. The molecule has 11 heteroatoms. The average Bonchev–Trinajstić information content (AvgIpc) is 3.18. The van der Waals surface area contributed by atoms with E-state index in [9.17, 15) is 19.7 Å². The third-order valence-corrected chi connectivity index (χ3v) is 5.26. The number of non-ortho nitro benzene ring substituents is 1. The molecule has 0 radical (unpaired) electrons. The molecule has 0 atom stereocenters. The Morgan fingerprint density at radius 2 is 1.78 bits per heavy atom. The lowest BCUT2D eigenvalue weighted by Crippen LogP contribution is -2.41. The summed E-state index contributed by atoms with van der Waals surface area (Å²) in [6.07, 6.45) is 1.47. The second-order valence-electron chi connectivity index (χ2n) is 7.01. The van der Waals surface area contributed by atoms with Gasteiger partial charge in [-0.15, -0.1) is 0 Å². The van der Waals surface area contributed by atoms with Gasteiger partial charge in [0.05, 0.1) is 30.1 Å². The molecule has 0 saturated heterocycles. The first-order chi connectivity index (χ1) is 15.4. The van der Waals surface area contributed by atoms with Crippen molar-refractivity contribution in [2.24, 2.45) is 0 Å². The van der Waals surface area contributed by atoms with E-state index in [0.717, 1.165) is 10.1 Å². The lowest BCUT2D eigenvalue weighted by Gasteiger charge is -2.12. The number of nitro groups is 1. The van der Waals surface area contributed by atoms with Gasteiger partial charge in [0.15, 0.2) is 11.2 Å². The van der Waals surface area contributed by atoms with Gasteiger partial charge in [-0.3, -0.25) is 19.5 Å². The Bertz CT molecular complexity index is 1400. The molecule has 0 spiro atoms. The van der Waals surface area contributed by atoms with Crippen LogP contribution < -0.4 is 11.2 Å². The normalized spacial score (nSPS) is 11.2. The van der Waals surface area contributed by atoms with Crippen LogP contribution in [0.3, 0.4) is 0 Å². The van der Waals surface area contributed by atoms with E-state index in [4.69, 9.17) is 16.3 Å². The Morgan fingerprint density at radius 3 is 2.41 bits per heavy atom. The van der Waals surface area contributed by atoms with E-state index < -0.39 is 16.2 Å². The van der Waals surface area contributed by atoms with Gasteiger partial charge in [0.1, 0.15) is 0 Å². The van der Waals surface area contributed by atoms with E-state index in [1.165, 1.54) is 30.1 Å². The number of hydrogen-bond acceptors (Lipinski definition) is 6. The fourth-order valence-electron chi connectivity index (χ4n) is 3.42. The summed E-state index contributed by atoms with van der Waals surface area (Å²) in [6.45, 7) is 0.491. The quantitative estimate of drug-likeness (QED) is 0.312. The predicted octanol–water partition coefficient (Wildman–Crippen LogP) is 2.61. The van der Waals surface area contributed by atoms with Crippen molar-refractivity contribution < 1.29 is 9.66 Å². The van der Waals surface area contributed by atoms with Crippen LogP contribution >= 0.6 is 11.6 Å².